The maximum absolute atomic E-state index is 12.5. The number of nitrogens with zero attached hydrogens (tertiary/aromatic N) is 1. The second kappa shape index (κ2) is 6.88. The Kier molecular flexibility index (Phi) is 5.09. The fourth-order valence-electron chi connectivity index (χ4n) is 2.37. The lowest BCUT2D eigenvalue weighted by molar-refractivity contribution is -0.125. The summed E-state index contributed by atoms with van der Waals surface area (Å²) in [6.45, 7) is 4.54. The molecule has 0 aromatic rings. The largest absolute Gasteiger partial charge is 0.370 e. The van der Waals surface area contributed by atoms with E-state index in [9.17, 15) is 4.79 Å². The van der Waals surface area contributed by atoms with Gasteiger partial charge >= 0.3 is 0 Å². The van der Waals surface area contributed by atoms with Crippen molar-refractivity contribution < 1.29 is 4.79 Å². The van der Waals surface area contributed by atoms with Crippen molar-refractivity contribution >= 4 is 11.9 Å². The van der Waals surface area contributed by atoms with Gasteiger partial charge in [0.05, 0.1) is 17.5 Å². The van der Waals surface area contributed by atoms with Crippen LogP contribution in [0.1, 0.15) is 13.8 Å². The molecule has 128 valence electrons. The standard InChI is InChI=1S/C18H25N5O/c1-17(15(24)22-11-12-23-16(19)20)7-3-13-5-9-18(2,21)10-6-14(13)4-8-17/h3-10H,11-12,21H2,1-2H3,(H,22,24)(H4,19,20,23). The topological polar surface area (TPSA) is 120 Å². The maximum Gasteiger partial charge on any atom is 0.233 e. The first kappa shape index (κ1) is 17.7. The molecule has 6 nitrogen and oxygen atoms in total. The van der Waals surface area contributed by atoms with Gasteiger partial charge in [0, 0.05) is 6.54 Å². The molecule has 0 atom stereocenters. The molecule has 0 aromatic heterocycles. The Morgan fingerprint density at radius 1 is 1.04 bits per heavy atom. The van der Waals surface area contributed by atoms with Gasteiger partial charge in [-0.1, -0.05) is 48.6 Å². The first-order chi connectivity index (χ1) is 11.2. The number of amides is 1. The fraction of sp³-hybridized carbons (Fsp3) is 0.333. The van der Waals surface area contributed by atoms with E-state index in [1.54, 1.807) is 0 Å². The van der Waals surface area contributed by atoms with Gasteiger partial charge in [-0.15, -0.1) is 0 Å². The molecule has 0 fully saturated rings. The summed E-state index contributed by atoms with van der Waals surface area (Å²) in [5.74, 6) is -0.0850. The molecule has 0 bridgehead atoms. The third-order valence-electron chi connectivity index (χ3n) is 3.98. The molecular formula is C18H25N5O. The number of hydrogen-bond donors (Lipinski definition) is 4. The van der Waals surface area contributed by atoms with Crippen LogP contribution in [0.25, 0.3) is 0 Å². The summed E-state index contributed by atoms with van der Waals surface area (Å²) < 4.78 is 0. The minimum Gasteiger partial charge on any atom is -0.370 e. The lowest BCUT2D eigenvalue weighted by Gasteiger charge is -2.20. The fourth-order valence-corrected chi connectivity index (χ4v) is 2.37. The van der Waals surface area contributed by atoms with Crippen molar-refractivity contribution in [2.75, 3.05) is 13.1 Å². The lowest BCUT2D eigenvalue weighted by Crippen LogP contribution is -2.38. The van der Waals surface area contributed by atoms with Crippen LogP contribution in [0, 0.1) is 5.41 Å². The highest BCUT2D eigenvalue weighted by molar-refractivity contribution is 5.87. The highest BCUT2D eigenvalue weighted by atomic mass is 16.2. The summed E-state index contributed by atoms with van der Waals surface area (Å²) >= 11 is 0. The van der Waals surface area contributed by atoms with Crippen molar-refractivity contribution in [2.45, 2.75) is 19.4 Å². The van der Waals surface area contributed by atoms with Gasteiger partial charge in [0.15, 0.2) is 5.96 Å². The third-order valence-corrected chi connectivity index (χ3v) is 3.98. The van der Waals surface area contributed by atoms with Crippen LogP contribution in [0.2, 0.25) is 0 Å². The smallest absolute Gasteiger partial charge is 0.233 e. The van der Waals surface area contributed by atoms with Crippen LogP contribution >= 0.6 is 0 Å². The summed E-state index contributed by atoms with van der Waals surface area (Å²) in [7, 11) is 0. The van der Waals surface area contributed by atoms with Crippen molar-refractivity contribution in [3.63, 3.8) is 0 Å². The molecule has 0 unspecified atom stereocenters. The predicted molar refractivity (Wildman–Crippen MR) is 98.0 cm³/mol. The number of hydrogen-bond acceptors (Lipinski definition) is 3. The van der Waals surface area contributed by atoms with E-state index in [0.717, 1.165) is 11.1 Å². The summed E-state index contributed by atoms with van der Waals surface area (Å²) in [4.78, 5) is 16.3. The number of allylic oxidation sites excluding steroid dienone is 6. The van der Waals surface area contributed by atoms with Crippen LogP contribution in [0.15, 0.2) is 64.7 Å². The lowest BCUT2D eigenvalue weighted by atomic mass is 9.88. The van der Waals surface area contributed by atoms with Crippen molar-refractivity contribution in [1.29, 1.82) is 0 Å². The molecule has 2 aliphatic carbocycles. The summed E-state index contributed by atoms with van der Waals surface area (Å²) in [5, 5.41) is 2.85. The third kappa shape index (κ3) is 4.45. The molecule has 2 aliphatic rings. The number of guanidine groups is 1. The van der Waals surface area contributed by atoms with Gasteiger partial charge in [-0.05, 0) is 25.0 Å². The van der Waals surface area contributed by atoms with Gasteiger partial charge in [0.2, 0.25) is 5.91 Å². The number of aliphatic imine (C=N–C) groups is 1. The zero-order valence-electron chi connectivity index (χ0n) is 14.1. The van der Waals surface area contributed by atoms with E-state index in [2.05, 4.69) is 10.3 Å². The first-order valence-corrected chi connectivity index (χ1v) is 7.86. The average molecular weight is 327 g/mol. The Labute approximate surface area is 142 Å². The number of carbonyl (C=O) groups excluding carboxylic acids is 1. The van der Waals surface area contributed by atoms with Crippen molar-refractivity contribution in [3.05, 3.63) is 59.8 Å². The van der Waals surface area contributed by atoms with E-state index in [1.807, 2.05) is 62.5 Å². The SMILES string of the molecule is CC1(N)C=CC2=C(C=C1)C=CC(C)(C(=O)NCCN=C(N)N)C=C2. The Bertz CT molecular complexity index is 652. The number of rotatable bonds is 4. The highest BCUT2D eigenvalue weighted by Crippen LogP contribution is 2.29. The maximum atomic E-state index is 12.5. The van der Waals surface area contributed by atoms with Gasteiger partial charge in [0.1, 0.15) is 0 Å². The molecule has 2 rings (SSSR count). The van der Waals surface area contributed by atoms with Crippen LogP contribution < -0.4 is 22.5 Å². The predicted octanol–water partition coefficient (Wildman–Crippen LogP) is 0.648. The molecule has 7 N–H and O–H groups in total. The van der Waals surface area contributed by atoms with Gasteiger partial charge in [0.25, 0.3) is 0 Å². The molecule has 6 heteroatoms. The van der Waals surface area contributed by atoms with Gasteiger partial charge < -0.3 is 22.5 Å². The number of nitrogens with one attached hydrogen (secondary N) is 1. The molecule has 0 aromatic carbocycles. The molecule has 1 amide bonds. The molecule has 0 saturated heterocycles. The van der Waals surface area contributed by atoms with E-state index < -0.39 is 11.0 Å². The van der Waals surface area contributed by atoms with Crippen LogP contribution in [-0.2, 0) is 4.79 Å². The normalized spacial score (nSPS) is 20.1. The molecule has 24 heavy (non-hydrogen) atoms. The van der Waals surface area contributed by atoms with Gasteiger partial charge in [-0.2, -0.15) is 0 Å². The minimum absolute atomic E-state index is 0.0168. The Morgan fingerprint density at radius 3 is 2.04 bits per heavy atom. The van der Waals surface area contributed by atoms with Crippen LogP contribution in [0.5, 0.6) is 0 Å². The number of nitrogens with two attached hydrogens (primary N) is 3. The number of carbonyl (C=O) groups is 1. The van der Waals surface area contributed by atoms with Crippen molar-refractivity contribution in [3.8, 4) is 0 Å². The van der Waals surface area contributed by atoms with Crippen LogP contribution in [-0.4, -0.2) is 30.5 Å². The molecule has 0 radical (unpaired) electrons. The summed E-state index contributed by atoms with van der Waals surface area (Å²) in [6.07, 6.45) is 15.5. The van der Waals surface area contributed by atoms with Crippen LogP contribution in [0.3, 0.4) is 0 Å². The molecule has 0 spiro atoms. The minimum atomic E-state index is -0.738. The quantitative estimate of drug-likeness (QED) is 0.344. The molecular weight excluding hydrogens is 302 g/mol. The Hall–Kier alpha value is -2.60. The van der Waals surface area contributed by atoms with Crippen molar-refractivity contribution in [1.82, 2.24) is 5.32 Å². The van der Waals surface area contributed by atoms with E-state index in [4.69, 9.17) is 17.2 Å². The van der Waals surface area contributed by atoms with E-state index in [-0.39, 0.29) is 11.9 Å². The van der Waals surface area contributed by atoms with Crippen molar-refractivity contribution in [2.24, 2.45) is 27.6 Å². The van der Waals surface area contributed by atoms with E-state index in [0.29, 0.717) is 13.1 Å². The van der Waals surface area contributed by atoms with Gasteiger partial charge in [-0.25, -0.2) is 0 Å². The second-order valence-electron chi connectivity index (χ2n) is 6.46. The van der Waals surface area contributed by atoms with E-state index in [1.165, 1.54) is 0 Å². The average Bonchev–Trinajstić information content (AvgIpc) is 2.76. The second-order valence-corrected chi connectivity index (χ2v) is 6.46. The molecule has 0 aliphatic heterocycles. The zero-order valence-corrected chi connectivity index (χ0v) is 14.1. The Balaban J connectivity index is 2.10. The first-order valence-electron chi connectivity index (χ1n) is 7.86. The summed E-state index contributed by atoms with van der Waals surface area (Å²) in [5.41, 5.74) is 17.5. The monoisotopic (exact) mass is 327 g/mol. The van der Waals surface area contributed by atoms with E-state index >= 15 is 0 Å². The molecule has 0 saturated carbocycles. The zero-order chi connectivity index (χ0) is 17.8. The molecule has 0 heterocycles. The van der Waals surface area contributed by atoms with Crippen LogP contribution in [0.4, 0.5) is 0 Å². The summed E-state index contributed by atoms with van der Waals surface area (Å²) in [6, 6.07) is 0. The van der Waals surface area contributed by atoms with Gasteiger partial charge in [-0.3, -0.25) is 9.79 Å². The Morgan fingerprint density at radius 2 is 1.54 bits per heavy atom. The highest BCUT2D eigenvalue weighted by Gasteiger charge is 2.28.